The summed E-state index contributed by atoms with van der Waals surface area (Å²) in [5, 5.41) is 8.96. The van der Waals surface area contributed by atoms with Gasteiger partial charge in [0.15, 0.2) is 0 Å². The Kier molecular flexibility index (Phi) is 7.17. The van der Waals surface area contributed by atoms with Crippen molar-refractivity contribution in [3.8, 4) is 22.5 Å². The van der Waals surface area contributed by atoms with Gasteiger partial charge in [0, 0.05) is 44.5 Å². The lowest BCUT2D eigenvalue weighted by atomic mass is 9.90. The van der Waals surface area contributed by atoms with Crippen LogP contribution in [-0.2, 0) is 0 Å². The summed E-state index contributed by atoms with van der Waals surface area (Å²) in [5.74, 6) is 0.407. The number of allylic oxidation sites excluding steroid dienone is 3. The summed E-state index contributed by atoms with van der Waals surface area (Å²) >= 11 is 0. The molecule has 1 aliphatic heterocycles. The van der Waals surface area contributed by atoms with Crippen LogP contribution in [0.1, 0.15) is 18.2 Å². The van der Waals surface area contributed by atoms with Crippen LogP contribution < -0.4 is 10.2 Å². The van der Waals surface area contributed by atoms with Crippen molar-refractivity contribution < 1.29 is 0 Å². The van der Waals surface area contributed by atoms with Gasteiger partial charge in [0.2, 0.25) is 0 Å². The fourth-order valence-electron chi connectivity index (χ4n) is 9.00. The Morgan fingerprint density at radius 2 is 1.02 bits per heavy atom. The van der Waals surface area contributed by atoms with Crippen molar-refractivity contribution in [3.05, 3.63) is 200 Å². The SMILES string of the molecule is C1=CCC(C2NC(c3ccccc3)N2c2cccc(-c3cccc(-n4c5ccccc5c5cc6c7ccccc7n(-c7ccccc7)c6cc54)c3)c2)C=C1. The molecule has 7 aromatic carbocycles. The minimum Gasteiger partial charge on any atom is -0.336 e. The van der Waals surface area contributed by atoms with Crippen molar-refractivity contribution in [2.45, 2.75) is 18.8 Å². The molecule has 3 unspecified atom stereocenters. The number of fused-ring (bicyclic) bond motifs is 6. The first-order chi connectivity index (χ1) is 26.8. The quantitative estimate of drug-likeness (QED) is 0.187. The van der Waals surface area contributed by atoms with E-state index in [1.165, 1.54) is 66.0 Å². The third kappa shape index (κ3) is 4.88. The second-order valence-electron chi connectivity index (χ2n) is 14.6. The molecule has 4 heteroatoms. The molecule has 0 saturated carbocycles. The van der Waals surface area contributed by atoms with E-state index in [0.29, 0.717) is 5.92 Å². The number of benzene rings is 7. The summed E-state index contributed by atoms with van der Waals surface area (Å²) in [6.45, 7) is 0. The highest BCUT2D eigenvalue weighted by Crippen LogP contribution is 2.42. The number of nitrogens with zero attached hydrogens (tertiary/aromatic N) is 3. The van der Waals surface area contributed by atoms with Gasteiger partial charge in [0.25, 0.3) is 0 Å². The van der Waals surface area contributed by atoms with E-state index >= 15 is 0 Å². The number of para-hydroxylation sites is 3. The van der Waals surface area contributed by atoms with E-state index < -0.39 is 0 Å². The van der Waals surface area contributed by atoms with E-state index in [0.717, 1.165) is 17.8 Å². The molecule has 258 valence electrons. The minimum absolute atomic E-state index is 0.123. The van der Waals surface area contributed by atoms with Crippen molar-refractivity contribution >= 4 is 49.3 Å². The number of hydrogen-bond acceptors (Lipinski definition) is 2. The van der Waals surface area contributed by atoms with Crippen LogP contribution in [0.15, 0.2) is 194 Å². The number of anilines is 1. The minimum atomic E-state index is 0.123. The van der Waals surface area contributed by atoms with E-state index in [4.69, 9.17) is 0 Å². The lowest BCUT2D eigenvalue weighted by Gasteiger charge is -2.54. The zero-order valence-electron chi connectivity index (χ0n) is 29.8. The first kappa shape index (κ1) is 31.0. The summed E-state index contributed by atoms with van der Waals surface area (Å²) in [7, 11) is 0. The zero-order valence-corrected chi connectivity index (χ0v) is 29.8. The largest absolute Gasteiger partial charge is 0.336 e. The van der Waals surface area contributed by atoms with Gasteiger partial charge >= 0.3 is 0 Å². The van der Waals surface area contributed by atoms with Gasteiger partial charge in [-0.25, -0.2) is 0 Å². The second kappa shape index (κ2) is 12.5. The van der Waals surface area contributed by atoms with E-state index in [1.807, 2.05) is 0 Å². The Morgan fingerprint density at radius 1 is 0.444 bits per heavy atom. The molecule has 0 amide bonds. The maximum Gasteiger partial charge on any atom is 0.109 e. The molecule has 9 aromatic rings. The number of hydrogen-bond donors (Lipinski definition) is 1. The van der Waals surface area contributed by atoms with Crippen LogP contribution in [0.5, 0.6) is 0 Å². The third-order valence-electron chi connectivity index (χ3n) is 11.5. The maximum atomic E-state index is 3.91. The molecule has 0 bridgehead atoms. The predicted octanol–water partition coefficient (Wildman–Crippen LogP) is 12.1. The van der Waals surface area contributed by atoms with Crippen molar-refractivity contribution in [3.63, 3.8) is 0 Å². The van der Waals surface area contributed by atoms with Crippen molar-refractivity contribution in [2.75, 3.05) is 4.90 Å². The molecule has 0 spiro atoms. The molecular formula is C50H38N4. The van der Waals surface area contributed by atoms with Crippen LogP contribution in [0.25, 0.3) is 66.1 Å². The Labute approximate surface area is 314 Å². The molecule has 1 saturated heterocycles. The summed E-state index contributed by atoms with van der Waals surface area (Å²) in [4.78, 5) is 2.57. The highest BCUT2D eigenvalue weighted by molar-refractivity contribution is 6.19. The van der Waals surface area contributed by atoms with Gasteiger partial charge in [0.05, 0.1) is 28.2 Å². The standard InChI is InChI=1S/C50H38N4/c1-4-16-34(17-5-1)49-51-50(35-18-6-2-7-19-35)54(49)40-25-15-21-37(31-40)36-20-14-24-39(30-36)53-46-29-13-11-27-42(46)44-32-43-41-26-10-12-28-45(41)52(47(43)33-48(44)53)38-22-8-3-9-23-38/h1-18,20-33,35,49-51H,19H2. The highest BCUT2D eigenvalue weighted by Gasteiger charge is 2.42. The normalized spacial score (nSPS) is 18.2. The van der Waals surface area contributed by atoms with E-state index in [2.05, 4.69) is 214 Å². The molecule has 1 aliphatic carbocycles. The zero-order chi connectivity index (χ0) is 35.6. The van der Waals surface area contributed by atoms with Crippen molar-refractivity contribution in [2.24, 2.45) is 5.92 Å². The van der Waals surface area contributed by atoms with Gasteiger partial charge in [-0.2, -0.15) is 0 Å². The van der Waals surface area contributed by atoms with Gasteiger partial charge in [-0.1, -0.05) is 133 Å². The Hall–Kier alpha value is -6.62. The molecular weight excluding hydrogens is 657 g/mol. The van der Waals surface area contributed by atoms with Gasteiger partial charge in [0.1, 0.15) is 6.17 Å². The van der Waals surface area contributed by atoms with Crippen LogP contribution in [0, 0.1) is 5.92 Å². The molecule has 3 atom stereocenters. The van der Waals surface area contributed by atoms with Crippen LogP contribution >= 0.6 is 0 Å². The fraction of sp³-hybridized carbons (Fsp3) is 0.0800. The lowest BCUT2D eigenvalue weighted by Crippen LogP contribution is -2.66. The molecule has 11 rings (SSSR count). The first-order valence-electron chi connectivity index (χ1n) is 19.0. The second-order valence-corrected chi connectivity index (χ2v) is 14.6. The average Bonchev–Trinajstić information content (AvgIpc) is 3.73. The number of aromatic nitrogens is 2. The highest BCUT2D eigenvalue weighted by atomic mass is 15.5. The molecule has 2 aromatic heterocycles. The number of nitrogens with one attached hydrogen (secondary N) is 1. The molecule has 1 N–H and O–H groups in total. The van der Waals surface area contributed by atoms with Crippen LogP contribution in [0.3, 0.4) is 0 Å². The molecule has 0 radical (unpaired) electrons. The fourth-order valence-corrected chi connectivity index (χ4v) is 9.00. The Bertz CT molecular complexity index is 2910. The van der Waals surface area contributed by atoms with E-state index in [-0.39, 0.29) is 12.3 Å². The first-order valence-corrected chi connectivity index (χ1v) is 19.0. The predicted molar refractivity (Wildman–Crippen MR) is 226 cm³/mol. The average molecular weight is 695 g/mol. The number of rotatable bonds is 6. The van der Waals surface area contributed by atoms with E-state index in [9.17, 15) is 0 Å². The summed E-state index contributed by atoms with van der Waals surface area (Å²) in [6.07, 6.45) is 10.3. The topological polar surface area (TPSA) is 25.1 Å². The molecule has 1 fully saturated rings. The van der Waals surface area contributed by atoms with Gasteiger partial charge < -0.3 is 14.0 Å². The molecule has 3 heterocycles. The Morgan fingerprint density at radius 3 is 1.69 bits per heavy atom. The smallest absolute Gasteiger partial charge is 0.109 e. The van der Waals surface area contributed by atoms with Crippen LogP contribution in [0.4, 0.5) is 5.69 Å². The summed E-state index contributed by atoms with van der Waals surface area (Å²) in [5.41, 5.74) is 12.1. The summed E-state index contributed by atoms with van der Waals surface area (Å²) in [6, 6.07) is 62.1. The van der Waals surface area contributed by atoms with Crippen molar-refractivity contribution in [1.29, 1.82) is 0 Å². The lowest BCUT2D eigenvalue weighted by molar-refractivity contribution is 0.221. The molecule has 54 heavy (non-hydrogen) atoms. The van der Waals surface area contributed by atoms with Crippen molar-refractivity contribution in [1.82, 2.24) is 14.5 Å². The monoisotopic (exact) mass is 694 g/mol. The van der Waals surface area contributed by atoms with E-state index in [1.54, 1.807) is 0 Å². The summed E-state index contributed by atoms with van der Waals surface area (Å²) < 4.78 is 4.86. The Balaban J connectivity index is 1.06. The van der Waals surface area contributed by atoms with Gasteiger partial charge in [-0.05, 0) is 83.8 Å². The molecule has 2 aliphatic rings. The van der Waals surface area contributed by atoms with Crippen LogP contribution in [-0.4, -0.2) is 15.3 Å². The third-order valence-corrected chi connectivity index (χ3v) is 11.5. The van der Waals surface area contributed by atoms with Gasteiger partial charge in [-0.3, -0.25) is 5.32 Å². The molecule has 4 nitrogen and oxygen atoms in total. The van der Waals surface area contributed by atoms with Crippen LogP contribution in [0.2, 0.25) is 0 Å². The maximum absolute atomic E-state index is 3.91. The van der Waals surface area contributed by atoms with Gasteiger partial charge in [-0.15, -0.1) is 0 Å².